The van der Waals surface area contributed by atoms with E-state index < -0.39 is 33.2 Å². The molecule has 1 heterocycles. The highest BCUT2D eigenvalue weighted by molar-refractivity contribution is 7.89. The van der Waals surface area contributed by atoms with Gasteiger partial charge in [0.15, 0.2) is 0 Å². The number of esters is 1. The van der Waals surface area contributed by atoms with Crippen LogP contribution in [0.1, 0.15) is 15.9 Å². The van der Waals surface area contributed by atoms with Gasteiger partial charge in [-0.05, 0) is 30.3 Å². The Morgan fingerprint density at radius 3 is 2.54 bits per heavy atom. The standard InChI is InChI=1S/C18H16ClF2NO5S/c19-16-9-13(20)2-1-12(16)11-27-18(23)15-10-14(3-4-17(15)21)28(24,25)22-5-7-26-8-6-22/h1-4,9-10H,5-8,11H2. The molecule has 0 radical (unpaired) electrons. The Morgan fingerprint density at radius 1 is 1.14 bits per heavy atom. The van der Waals surface area contributed by atoms with E-state index in [-0.39, 0.29) is 42.8 Å². The minimum absolute atomic E-state index is 0.0527. The molecule has 28 heavy (non-hydrogen) atoms. The fourth-order valence-corrected chi connectivity index (χ4v) is 4.27. The number of carbonyl (C=O) groups excluding carboxylic acids is 1. The lowest BCUT2D eigenvalue weighted by molar-refractivity contribution is 0.0467. The zero-order valence-electron chi connectivity index (χ0n) is 14.5. The zero-order chi connectivity index (χ0) is 20.3. The molecule has 1 aliphatic rings. The van der Waals surface area contributed by atoms with Crippen molar-refractivity contribution in [2.24, 2.45) is 0 Å². The van der Waals surface area contributed by atoms with E-state index in [4.69, 9.17) is 21.1 Å². The van der Waals surface area contributed by atoms with Crippen LogP contribution >= 0.6 is 11.6 Å². The Balaban J connectivity index is 1.79. The van der Waals surface area contributed by atoms with E-state index in [0.717, 1.165) is 30.3 Å². The third kappa shape index (κ3) is 4.49. The molecule has 0 aromatic heterocycles. The molecule has 0 bridgehead atoms. The maximum Gasteiger partial charge on any atom is 0.341 e. The third-order valence-corrected chi connectivity index (χ3v) is 6.39. The number of carbonyl (C=O) groups is 1. The first-order valence-corrected chi connectivity index (χ1v) is 10.1. The van der Waals surface area contributed by atoms with Crippen molar-refractivity contribution in [2.45, 2.75) is 11.5 Å². The highest BCUT2D eigenvalue weighted by atomic mass is 35.5. The predicted molar refractivity (Wildman–Crippen MR) is 96.5 cm³/mol. The summed E-state index contributed by atoms with van der Waals surface area (Å²) in [5, 5.41) is 0.0527. The van der Waals surface area contributed by atoms with Crippen molar-refractivity contribution in [1.29, 1.82) is 0 Å². The fraction of sp³-hybridized carbons (Fsp3) is 0.278. The first kappa shape index (κ1) is 20.7. The van der Waals surface area contributed by atoms with Crippen molar-refractivity contribution in [2.75, 3.05) is 26.3 Å². The lowest BCUT2D eigenvalue weighted by Crippen LogP contribution is -2.40. The molecule has 150 valence electrons. The number of hydrogen-bond donors (Lipinski definition) is 0. The Morgan fingerprint density at radius 2 is 1.86 bits per heavy atom. The summed E-state index contributed by atoms with van der Waals surface area (Å²) in [6.07, 6.45) is 0. The quantitative estimate of drug-likeness (QED) is 0.680. The molecule has 6 nitrogen and oxygen atoms in total. The van der Waals surface area contributed by atoms with Crippen molar-refractivity contribution in [3.05, 3.63) is 64.2 Å². The van der Waals surface area contributed by atoms with Crippen LogP contribution in [-0.4, -0.2) is 45.0 Å². The molecular weight excluding hydrogens is 416 g/mol. The van der Waals surface area contributed by atoms with Gasteiger partial charge >= 0.3 is 5.97 Å². The first-order chi connectivity index (χ1) is 13.3. The Labute approximate surface area is 165 Å². The van der Waals surface area contributed by atoms with E-state index in [0.29, 0.717) is 5.56 Å². The van der Waals surface area contributed by atoms with Gasteiger partial charge in [-0.15, -0.1) is 0 Å². The molecule has 1 aliphatic heterocycles. The fourth-order valence-electron chi connectivity index (χ4n) is 2.62. The van der Waals surface area contributed by atoms with Gasteiger partial charge in [-0.1, -0.05) is 17.7 Å². The summed E-state index contributed by atoms with van der Waals surface area (Å²) in [6.45, 7) is 0.532. The molecule has 1 fully saturated rings. The molecule has 2 aromatic carbocycles. The minimum atomic E-state index is -3.90. The summed E-state index contributed by atoms with van der Waals surface area (Å²) in [6, 6.07) is 6.46. The van der Waals surface area contributed by atoms with Crippen LogP contribution in [0.25, 0.3) is 0 Å². The molecule has 3 rings (SSSR count). The Hall–Kier alpha value is -2.07. The largest absolute Gasteiger partial charge is 0.457 e. The van der Waals surface area contributed by atoms with Gasteiger partial charge in [-0.25, -0.2) is 22.0 Å². The van der Waals surface area contributed by atoms with Crippen LogP contribution in [0.5, 0.6) is 0 Å². The molecule has 0 spiro atoms. The average molecular weight is 432 g/mol. The van der Waals surface area contributed by atoms with Gasteiger partial charge in [0, 0.05) is 18.7 Å². The molecule has 1 saturated heterocycles. The van der Waals surface area contributed by atoms with Crippen molar-refractivity contribution in [1.82, 2.24) is 4.31 Å². The van der Waals surface area contributed by atoms with Crippen LogP contribution in [-0.2, 0) is 26.1 Å². The van der Waals surface area contributed by atoms with Gasteiger partial charge in [-0.3, -0.25) is 0 Å². The molecule has 0 saturated carbocycles. The second kappa shape index (κ2) is 8.52. The van der Waals surface area contributed by atoms with E-state index in [1.165, 1.54) is 10.4 Å². The highest BCUT2D eigenvalue weighted by Crippen LogP contribution is 2.22. The SMILES string of the molecule is O=C(OCc1ccc(F)cc1Cl)c1cc(S(=O)(=O)N2CCOCC2)ccc1F. The van der Waals surface area contributed by atoms with Crippen LogP contribution in [0.2, 0.25) is 5.02 Å². The molecule has 0 atom stereocenters. The van der Waals surface area contributed by atoms with E-state index in [9.17, 15) is 22.0 Å². The lowest BCUT2D eigenvalue weighted by atomic mass is 10.2. The van der Waals surface area contributed by atoms with Crippen molar-refractivity contribution in [3.8, 4) is 0 Å². The summed E-state index contributed by atoms with van der Waals surface area (Å²) in [5.41, 5.74) is -0.193. The normalized spacial score (nSPS) is 15.4. The summed E-state index contributed by atoms with van der Waals surface area (Å²) >= 11 is 5.86. The van der Waals surface area contributed by atoms with Crippen molar-refractivity contribution < 1.29 is 31.5 Å². The van der Waals surface area contributed by atoms with Crippen molar-refractivity contribution in [3.63, 3.8) is 0 Å². The zero-order valence-corrected chi connectivity index (χ0v) is 16.1. The summed E-state index contributed by atoms with van der Waals surface area (Å²) in [4.78, 5) is 12.0. The van der Waals surface area contributed by atoms with Crippen LogP contribution in [0, 0.1) is 11.6 Å². The monoisotopic (exact) mass is 431 g/mol. The molecule has 0 unspecified atom stereocenters. The Kier molecular flexibility index (Phi) is 6.29. The van der Waals surface area contributed by atoms with Gasteiger partial charge in [0.2, 0.25) is 10.0 Å². The topological polar surface area (TPSA) is 72.9 Å². The Bertz CT molecular complexity index is 993. The number of hydrogen-bond acceptors (Lipinski definition) is 5. The molecule has 2 aromatic rings. The smallest absolute Gasteiger partial charge is 0.341 e. The summed E-state index contributed by atoms with van der Waals surface area (Å²) < 4.78 is 63.9. The van der Waals surface area contributed by atoms with Gasteiger partial charge in [-0.2, -0.15) is 4.31 Å². The van der Waals surface area contributed by atoms with E-state index in [1.54, 1.807) is 0 Å². The molecule has 0 amide bonds. The highest BCUT2D eigenvalue weighted by Gasteiger charge is 2.28. The third-order valence-electron chi connectivity index (χ3n) is 4.14. The van der Waals surface area contributed by atoms with Gasteiger partial charge in [0.25, 0.3) is 0 Å². The van der Waals surface area contributed by atoms with E-state index in [1.807, 2.05) is 0 Å². The molecule has 0 aliphatic carbocycles. The number of morpholine rings is 1. The molecule has 10 heteroatoms. The lowest BCUT2D eigenvalue weighted by Gasteiger charge is -2.26. The number of rotatable bonds is 5. The number of halogens is 3. The second-order valence-corrected chi connectivity index (χ2v) is 8.32. The maximum atomic E-state index is 14.1. The summed E-state index contributed by atoms with van der Waals surface area (Å²) in [7, 11) is -3.90. The van der Waals surface area contributed by atoms with Gasteiger partial charge in [0.1, 0.15) is 18.2 Å². The van der Waals surface area contributed by atoms with Crippen LogP contribution < -0.4 is 0 Å². The number of benzene rings is 2. The number of ether oxygens (including phenoxy) is 2. The van der Waals surface area contributed by atoms with Gasteiger partial charge in [0.05, 0.1) is 28.7 Å². The predicted octanol–water partition coefficient (Wildman–Crippen LogP) is 3.00. The van der Waals surface area contributed by atoms with E-state index >= 15 is 0 Å². The second-order valence-electron chi connectivity index (χ2n) is 5.97. The summed E-state index contributed by atoms with van der Waals surface area (Å²) in [5.74, 6) is -2.53. The number of nitrogens with zero attached hydrogens (tertiary/aromatic N) is 1. The van der Waals surface area contributed by atoms with E-state index in [2.05, 4.69) is 0 Å². The maximum absolute atomic E-state index is 14.1. The average Bonchev–Trinajstić information content (AvgIpc) is 2.68. The van der Waals surface area contributed by atoms with Crippen LogP contribution in [0.4, 0.5) is 8.78 Å². The molecular formula is C18H16ClF2NO5S. The van der Waals surface area contributed by atoms with Crippen molar-refractivity contribution >= 4 is 27.6 Å². The van der Waals surface area contributed by atoms with Gasteiger partial charge < -0.3 is 9.47 Å². The minimum Gasteiger partial charge on any atom is -0.457 e. The van der Waals surface area contributed by atoms with Crippen LogP contribution in [0.3, 0.4) is 0 Å². The van der Waals surface area contributed by atoms with Crippen LogP contribution in [0.15, 0.2) is 41.3 Å². The first-order valence-electron chi connectivity index (χ1n) is 8.27. The molecule has 0 N–H and O–H groups in total. The number of sulfonamides is 1.